The lowest BCUT2D eigenvalue weighted by atomic mass is 9.76. The van der Waals surface area contributed by atoms with Gasteiger partial charge in [0.1, 0.15) is 0 Å². The third kappa shape index (κ3) is 6.65. The first-order chi connectivity index (χ1) is 12.3. The Labute approximate surface area is 154 Å². The molecule has 0 saturated heterocycles. The van der Waals surface area contributed by atoms with E-state index in [9.17, 15) is 19.2 Å². The molecule has 26 heavy (non-hydrogen) atoms. The van der Waals surface area contributed by atoms with Gasteiger partial charge in [-0.3, -0.25) is 19.2 Å². The van der Waals surface area contributed by atoms with Gasteiger partial charge in [-0.25, -0.2) is 0 Å². The van der Waals surface area contributed by atoms with E-state index in [-0.39, 0.29) is 26.4 Å². The van der Waals surface area contributed by atoms with E-state index in [0.29, 0.717) is 0 Å². The van der Waals surface area contributed by atoms with Crippen molar-refractivity contribution >= 4 is 23.9 Å². The lowest BCUT2D eigenvalue weighted by Crippen LogP contribution is -2.42. The molecule has 0 radical (unpaired) electrons. The van der Waals surface area contributed by atoms with Crippen molar-refractivity contribution in [2.24, 2.45) is 23.7 Å². The van der Waals surface area contributed by atoms with Gasteiger partial charge in [-0.1, -0.05) is 13.8 Å². The highest BCUT2D eigenvalue weighted by molar-refractivity contribution is 5.97. The number of hydrogen-bond acceptors (Lipinski definition) is 8. The standard InChI is InChI=1S/C18H30O8/c1-7-23-15(19)13(16(20)24-8-2)11(5)12(6)14(17(21)25-9-3)18(22)26-10-4/h11-14H,7-10H2,1-6H3. The van der Waals surface area contributed by atoms with Crippen LogP contribution in [0.3, 0.4) is 0 Å². The third-order valence-corrected chi connectivity index (χ3v) is 4.04. The fourth-order valence-electron chi connectivity index (χ4n) is 2.59. The molecule has 0 aliphatic rings. The maximum Gasteiger partial charge on any atom is 0.320 e. The van der Waals surface area contributed by atoms with Crippen LogP contribution < -0.4 is 0 Å². The molecule has 0 heterocycles. The van der Waals surface area contributed by atoms with Crippen molar-refractivity contribution in [3.63, 3.8) is 0 Å². The van der Waals surface area contributed by atoms with E-state index in [4.69, 9.17) is 18.9 Å². The molecule has 0 N–H and O–H groups in total. The molecular formula is C18H30O8. The van der Waals surface area contributed by atoms with Crippen molar-refractivity contribution in [2.75, 3.05) is 26.4 Å². The molecule has 0 amide bonds. The zero-order valence-electron chi connectivity index (χ0n) is 16.4. The molecule has 0 spiro atoms. The maximum atomic E-state index is 12.3. The zero-order valence-corrected chi connectivity index (χ0v) is 16.4. The van der Waals surface area contributed by atoms with Crippen LogP contribution in [0.1, 0.15) is 41.5 Å². The molecule has 0 fully saturated rings. The Morgan fingerprint density at radius 2 is 0.731 bits per heavy atom. The van der Waals surface area contributed by atoms with Gasteiger partial charge in [-0.2, -0.15) is 0 Å². The van der Waals surface area contributed by atoms with E-state index < -0.39 is 47.5 Å². The molecule has 8 heteroatoms. The Balaban J connectivity index is 5.67. The van der Waals surface area contributed by atoms with Gasteiger partial charge in [0.2, 0.25) is 0 Å². The molecule has 0 aromatic heterocycles. The molecule has 0 saturated carbocycles. The van der Waals surface area contributed by atoms with Crippen molar-refractivity contribution in [2.45, 2.75) is 41.5 Å². The quantitative estimate of drug-likeness (QED) is 0.306. The summed E-state index contributed by atoms with van der Waals surface area (Å²) in [5, 5.41) is 0. The highest BCUT2D eigenvalue weighted by Gasteiger charge is 2.45. The van der Waals surface area contributed by atoms with Crippen LogP contribution in [0.2, 0.25) is 0 Å². The van der Waals surface area contributed by atoms with Crippen LogP contribution in [0, 0.1) is 23.7 Å². The van der Waals surface area contributed by atoms with Gasteiger partial charge in [0.05, 0.1) is 26.4 Å². The SMILES string of the molecule is CCOC(=O)C(C(=O)OCC)C(C)C(C)C(C(=O)OCC)C(=O)OCC. The minimum atomic E-state index is -1.25. The fourth-order valence-corrected chi connectivity index (χ4v) is 2.59. The molecule has 0 aromatic rings. The first-order valence-corrected chi connectivity index (χ1v) is 8.93. The van der Waals surface area contributed by atoms with E-state index in [1.807, 2.05) is 0 Å². The second kappa shape index (κ2) is 12.3. The van der Waals surface area contributed by atoms with Gasteiger partial charge in [0, 0.05) is 0 Å². The van der Waals surface area contributed by atoms with Crippen molar-refractivity contribution in [1.29, 1.82) is 0 Å². The Morgan fingerprint density at radius 3 is 0.885 bits per heavy atom. The highest BCUT2D eigenvalue weighted by atomic mass is 16.6. The third-order valence-electron chi connectivity index (χ3n) is 4.04. The van der Waals surface area contributed by atoms with Gasteiger partial charge >= 0.3 is 23.9 Å². The lowest BCUT2D eigenvalue weighted by Gasteiger charge is -2.29. The summed E-state index contributed by atoms with van der Waals surface area (Å²) in [7, 11) is 0. The smallest absolute Gasteiger partial charge is 0.320 e. The van der Waals surface area contributed by atoms with Crippen LogP contribution in [0.15, 0.2) is 0 Å². The predicted molar refractivity (Wildman–Crippen MR) is 91.8 cm³/mol. The largest absolute Gasteiger partial charge is 0.465 e. The molecule has 2 atom stereocenters. The van der Waals surface area contributed by atoms with Crippen LogP contribution in [0.5, 0.6) is 0 Å². The number of ether oxygens (including phenoxy) is 4. The number of carbonyl (C=O) groups excluding carboxylic acids is 4. The Kier molecular flexibility index (Phi) is 11.3. The van der Waals surface area contributed by atoms with E-state index >= 15 is 0 Å². The maximum absolute atomic E-state index is 12.3. The summed E-state index contributed by atoms with van der Waals surface area (Å²) in [5.41, 5.74) is 0. The zero-order chi connectivity index (χ0) is 20.3. The van der Waals surface area contributed by atoms with Gasteiger partial charge in [-0.15, -0.1) is 0 Å². The first kappa shape index (κ1) is 23.9. The number of esters is 4. The number of carbonyl (C=O) groups is 4. The molecule has 0 bridgehead atoms. The molecule has 8 nitrogen and oxygen atoms in total. The number of hydrogen-bond donors (Lipinski definition) is 0. The molecule has 0 aromatic carbocycles. The minimum Gasteiger partial charge on any atom is -0.465 e. The summed E-state index contributed by atoms with van der Waals surface area (Å²) in [4.78, 5) is 49.1. The average molecular weight is 374 g/mol. The molecule has 0 rings (SSSR count). The van der Waals surface area contributed by atoms with Gasteiger partial charge in [0.15, 0.2) is 11.8 Å². The summed E-state index contributed by atoms with van der Waals surface area (Å²) in [6.07, 6.45) is 0. The average Bonchev–Trinajstić information content (AvgIpc) is 2.56. The van der Waals surface area contributed by atoms with E-state index in [2.05, 4.69) is 0 Å². The Bertz CT molecular complexity index is 408. The van der Waals surface area contributed by atoms with Crippen molar-refractivity contribution in [3.8, 4) is 0 Å². The van der Waals surface area contributed by atoms with Crippen LogP contribution in [-0.4, -0.2) is 50.3 Å². The monoisotopic (exact) mass is 374 g/mol. The lowest BCUT2D eigenvalue weighted by molar-refractivity contribution is -0.172. The molecular weight excluding hydrogens is 344 g/mol. The molecule has 150 valence electrons. The van der Waals surface area contributed by atoms with E-state index in [1.165, 1.54) is 0 Å². The minimum absolute atomic E-state index is 0.0923. The second-order valence-corrected chi connectivity index (χ2v) is 5.68. The van der Waals surface area contributed by atoms with Crippen LogP contribution in [0.4, 0.5) is 0 Å². The van der Waals surface area contributed by atoms with Crippen LogP contribution in [0.25, 0.3) is 0 Å². The summed E-state index contributed by atoms with van der Waals surface area (Å²) < 4.78 is 19.9. The highest BCUT2D eigenvalue weighted by Crippen LogP contribution is 2.31. The number of rotatable bonds is 11. The summed E-state index contributed by atoms with van der Waals surface area (Å²) in [5.74, 6) is -6.95. The van der Waals surface area contributed by atoms with Crippen molar-refractivity contribution < 1.29 is 38.1 Å². The fraction of sp³-hybridized carbons (Fsp3) is 0.778. The van der Waals surface area contributed by atoms with Crippen molar-refractivity contribution in [1.82, 2.24) is 0 Å². The molecule has 2 unspecified atom stereocenters. The van der Waals surface area contributed by atoms with E-state index in [1.54, 1.807) is 41.5 Å². The summed E-state index contributed by atoms with van der Waals surface area (Å²) in [6.45, 7) is 10.0. The van der Waals surface area contributed by atoms with Crippen LogP contribution in [-0.2, 0) is 38.1 Å². The second-order valence-electron chi connectivity index (χ2n) is 5.68. The Hall–Kier alpha value is -2.12. The van der Waals surface area contributed by atoms with E-state index in [0.717, 1.165) is 0 Å². The molecule has 0 aliphatic carbocycles. The van der Waals surface area contributed by atoms with Gasteiger partial charge in [0.25, 0.3) is 0 Å². The summed E-state index contributed by atoms with van der Waals surface area (Å²) >= 11 is 0. The Morgan fingerprint density at radius 1 is 0.538 bits per heavy atom. The topological polar surface area (TPSA) is 105 Å². The van der Waals surface area contributed by atoms with Gasteiger partial charge < -0.3 is 18.9 Å². The predicted octanol–water partition coefficient (Wildman–Crippen LogP) is 1.74. The van der Waals surface area contributed by atoms with Crippen LogP contribution >= 0.6 is 0 Å². The van der Waals surface area contributed by atoms with Gasteiger partial charge in [-0.05, 0) is 39.5 Å². The first-order valence-electron chi connectivity index (χ1n) is 8.93. The van der Waals surface area contributed by atoms with Crippen molar-refractivity contribution in [3.05, 3.63) is 0 Å². The normalized spacial score (nSPS) is 13.1. The molecule has 0 aliphatic heterocycles. The summed E-state index contributed by atoms with van der Waals surface area (Å²) in [6, 6.07) is 0.